The van der Waals surface area contributed by atoms with Crippen LogP contribution in [0.3, 0.4) is 0 Å². The molecular weight excluding hydrogens is 192 g/mol. The van der Waals surface area contributed by atoms with Crippen LogP contribution in [0.4, 0.5) is 9.59 Å². The van der Waals surface area contributed by atoms with Crippen molar-refractivity contribution in [3.05, 3.63) is 0 Å². The van der Waals surface area contributed by atoms with Crippen molar-refractivity contribution in [1.82, 2.24) is 0 Å². The highest BCUT2D eigenvalue weighted by atomic mass is 16.7. The van der Waals surface area contributed by atoms with E-state index in [4.69, 9.17) is 10.2 Å². The second kappa shape index (κ2) is 6.06. The Hall–Kier alpha value is -1.46. The molecule has 0 amide bonds. The van der Waals surface area contributed by atoms with Crippen molar-refractivity contribution in [2.75, 3.05) is 6.61 Å². The third-order valence-corrected chi connectivity index (χ3v) is 1.53. The molecule has 82 valence electrons. The highest BCUT2D eigenvalue weighted by Gasteiger charge is 2.13. The van der Waals surface area contributed by atoms with Gasteiger partial charge in [0, 0.05) is 0 Å². The van der Waals surface area contributed by atoms with Crippen LogP contribution >= 0.6 is 0 Å². The van der Waals surface area contributed by atoms with Gasteiger partial charge in [-0.15, -0.1) is 0 Å². The van der Waals surface area contributed by atoms with Crippen molar-refractivity contribution in [3.8, 4) is 0 Å². The molecule has 0 radical (unpaired) electrons. The molecule has 0 heterocycles. The summed E-state index contributed by atoms with van der Waals surface area (Å²) in [6.45, 7) is 3.40. The molecule has 0 saturated heterocycles. The molecule has 0 spiro atoms. The zero-order valence-corrected chi connectivity index (χ0v) is 8.10. The first-order chi connectivity index (χ1) is 6.41. The fourth-order valence-electron chi connectivity index (χ4n) is 1.07. The van der Waals surface area contributed by atoms with Gasteiger partial charge in [0.1, 0.15) is 6.10 Å². The van der Waals surface area contributed by atoms with E-state index in [1.165, 1.54) is 0 Å². The standard InChI is InChI=1S/C8H14O6/c1-5(4-13-7(9)10)3-6(2)14-8(11)12/h5-6H,3-4H2,1-2H3,(H,9,10)(H,11,12). The molecule has 2 atom stereocenters. The van der Waals surface area contributed by atoms with Crippen LogP contribution in [0.5, 0.6) is 0 Å². The van der Waals surface area contributed by atoms with Gasteiger partial charge in [-0.3, -0.25) is 0 Å². The molecule has 0 saturated carbocycles. The quantitative estimate of drug-likeness (QED) is 0.666. The fraction of sp³-hybridized carbons (Fsp3) is 0.750. The average Bonchev–Trinajstić information content (AvgIpc) is 1.98. The molecule has 2 unspecified atom stereocenters. The second-order valence-corrected chi connectivity index (χ2v) is 3.11. The SMILES string of the molecule is CC(COC(=O)O)CC(C)OC(=O)O. The maximum absolute atomic E-state index is 10.1. The molecule has 6 heteroatoms. The Morgan fingerprint density at radius 1 is 1.21 bits per heavy atom. The number of carbonyl (C=O) groups is 2. The van der Waals surface area contributed by atoms with Crippen LogP contribution in [0.1, 0.15) is 20.3 Å². The van der Waals surface area contributed by atoms with E-state index in [9.17, 15) is 9.59 Å². The predicted molar refractivity (Wildman–Crippen MR) is 46.3 cm³/mol. The minimum Gasteiger partial charge on any atom is -0.450 e. The van der Waals surface area contributed by atoms with E-state index in [0.29, 0.717) is 6.42 Å². The number of carboxylic acid groups (broad SMARTS) is 2. The summed E-state index contributed by atoms with van der Waals surface area (Å²) in [5.41, 5.74) is 0. The van der Waals surface area contributed by atoms with Gasteiger partial charge in [-0.05, 0) is 19.3 Å². The number of ether oxygens (including phenoxy) is 2. The summed E-state index contributed by atoms with van der Waals surface area (Å²) in [6, 6.07) is 0. The highest BCUT2D eigenvalue weighted by molar-refractivity contribution is 5.57. The van der Waals surface area contributed by atoms with E-state index in [1.807, 2.05) is 0 Å². The second-order valence-electron chi connectivity index (χ2n) is 3.11. The molecular formula is C8H14O6. The van der Waals surface area contributed by atoms with Gasteiger partial charge in [-0.25, -0.2) is 9.59 Å². The van der Waals surface area contributed by atoms with Crippen LogP contribution in [0.2, 0.25) is 0 Å². The van der Waals surface area contributed by atoms with Gasteiger partial charge in [0.25, 0.3) is 0 Å². The van der Waals surface area contributed by atoms with Crippen molar-refractivity contribution in [2.45, 2.75) is 26.4 Å². The van der Waals surface area contributed by atoms with E-state index in [2.05, 4.69) is 9.47 Å². The number of hydrogen-bond acceptors (Lipinski definition) is 4. The van der Waals surface area contributed by atoms with Gasteiger partial charge in [-0.1, -0.05) is 6.92 Å². The fourth-order valence-corrected chi connectivity index (χ4v) is 1.07. The number of rotatable bonds is 5. The van der Waals surface area contributed by atoms with E-state index in [1.54, 1.807) is 13.8 Å². The molecule has 0 aliphatic heterocycles. The molecule has 0 aromatic carbocycles. The molecule has 0 fully saturated rings. The summed E-state index contributed by atoms with van der Waals surface area (Å²) in [4.78, 5) is 20.1. The Labute approximate surface area is 81.4 Å². The first-order valence-electron chi connectivity index (χ1n) is 4.17. The smallest absolute Gasteiger partial charge is 0.450 e. The lowest BCUT2D eigenvalue weighted by atomic mass is 10.1. The number of hydrogen-bond donors (Lipinski definition) is 2. The lowest BCUT2D eigenvalue weighted by Crippen LogP contribution is -2.19. The van der Waals surface area contributed by atoms with Gasteiger partial charge in [-0.2, -0.15) is 0 Å². The van der Waals surface area contributed by atoms with Crippen LogP contribution in [0.25, 0.3) is 0 Å². The minimum absolute atomic E-state index is 0.0443. The third-order valence-electron chi connectivity index (χ3n) is 1.53. The molecule has 0 aromatic heterocycles. The summed E-state index contributed by atoms with van der Waals surface area (Å²) in [5, 5.41) is 16.5. The summed E-state index contributed by atoms with van der Waals surface area (Å²) in [5.74, 6) is -0.0690. The lowest BCUT2D eigenvalue weighted by molar-refractivity contribution is 0.0368. The molecule has 0 aromatic rings. The maximum Gasteiger partial charge on any atom is 0.506 e. The molecule has 2 N–H and O–H groups in total. The Kier molecular flexibility index (Phi) is 5.43. The molecule has 0 bridgehead atoms. The van der Waals surface area contributed by atoms with Crippen LogP contribution in [0, 0.1) is 5.92 Å². The van der Waals surface area contributed by atoms with E-state index in [-0.39, 0.29) is 12.5 Å². The zero-order chi connectivity index (χ0) is 11.1. The molecule has 0 aliphatic carbocycles. The Balaban J connectivity index is 3.65. The molecule has 0 rings (SSSR count). The molecule has 6 nitrogen and oxygen atoms in total. The summed E-state index contributed by atoms with van der Waals surface area (Å²) in [6.07, 6.45) is -2.69. The maximum atomic E-state index is 10.1. The third kappa shape index (κ3) is 7.20. The van der Waals surface area contributed by atoms with Crippen LogP contribution < -0.4 is 0 Å². The first-order valence-corrected chi connectivity index (χ1v) is 4.17. The molecule has 0 aliphatic rings. The van der Waals surface area contributed by atoms with E-state index in [0.717, 1.165) is 0 Å². The van der Waals surface area contributed by atoms with E-state index >= 15 is 0 Å². The van der Waals surface area contributed by atoms with Crippen molar-refractivity contribution in [1.29, 1.82) is 0 Å². The van der Waals surface area contributed by atoms with Crippen molar-refractivity contribution >= 4 is 12.3 Å². The normalized spacial score (nSPS) is 14.1. The largest absolute Gasteiger partial charge is 0.506 e. The Morgan fingerprint density at radius 3 is 2.21 bits per heavy atom. The van der Waals surface area contributed by atoms with Crippen molar-refractivity contribution in [2.24, 2.45) is 5.92 Å². The van der Waals surface area contributed by atoms with Gasteiger partial charge >= 0.3 is 12.3 Å². The van der Waals surface area contributed by atoms with E-state index < -0.39 is 18.4 Å². The van der Waals surface area contributed by atoms with Crippen LogP contribution in [-0.2, 0) is 9.47 Å². The lowest BCUT2D eigenvalue weighted by Gasteiger charge is -2.15. The average molecular weight is 206 g/mol. The van der Waals surface area contributed by atoms with Gasteiger partial charge in [0.15, 0.2) is 0 Å². The highest BCUT2D eigenvalue weighted by Crippen LogP contribution is 2.09. The van der Waals surface area contributed by atoms with Gasteiger partial charge in [0.05, 0.1) is 6.61 Å². The van der Waals surface area contributed by atoms with Crippen LogP contribution in [-0.4, -0.2) is 35.2 Å². The predicted octanol–water partition coefficient (Wildman–Crippen LogP) is 1.79. The Bertz CT molecular complexity index is 202. The van der Waals surface area contributed by atoms with Gasteiger partial charge in [0.2, 0.25) is 0 Å². The zero-order valence-electron chi connectivity index (χ0n) is 8.10. The monoisotopic (exact) mass is 206 g/mol. The summed E-state index contributed by atoms with van der Waals surface area (Å²) >= 11 is 0. The summed E-state index contributed by atoms with van der Waals surface area (Å²) in [7, 11) is 0. The van der Waals surface area contributed by atoms with Crippen molar-refractivity contribution in [3.63, 3.8) is 0 Å². The Morgan fingerprint density at radius 2 is 1.79 bits per heavy atom. The topological polar surface area (TPSA) is 93.1 Å². The minimum atomic E-state index is -1.33. The molecule has 14 heavy (non-hydrogen) atoms. The summed E-state index contributed by atoms with van der Waals surface area (Å²) < 4.78 is 8.76. The van der Waals surface area contributed by atoms with Gasteiger partial charge < -0.3 is 19.7 Å². The first kappa shape index (κ1) is 12.5. The van der Waals surface area contributed by atoms with Crippen LogP contribution in [0.15, 0.2) is 0 Å². The van der Waals surface area contributed by atoms with Crippen molar-refractivity contribution < 1.29 is 29.3 Å².